The molecule has 0 spiro atoms. The van der Waals surface area contributed by atoms with Crippen LogP contribution in [0.15, 0.2) is 77.4 Å². The lowest BCUT2D eigenvalue weighted by atomic mass is 9.95. The minimum Gasteiger partial charge on any atom is -0.457 e. The number of ether oxygens (including phenoxy) is 1. The Kier molecular flexibility index (Phi) is 7.90. The molecule has 2 fully saturated rings. The van der Waals surface area contributed by atoms with Crippen molar-refractivity contribution in [1.29, 1.82) is 5.26 Å². The van der Waals surface area contributed by atoms with Crippen molar-refractivity contribution in [3.63, 3.8) is 0 Å². The van der Waals surface area contributed by atoms with Crippen LogP contribution in [0.4, 0.5) is 5.82 Å². The Balaban J connectivity index is 1.26. The van der Waals surface area contributed by atoms with Crippen LogP contribution in [0, 0.1) is 11.3 Å². The number of likely N-dealkylation sites (tertiary alicyclic amines) is 1. The van der Waals surface area contributed by atoms with E-state index in [1.165, 1.54) is 15.5 Å². The molecule has 4 heterocycles. The first-order valence-electron chi connectivity index (χ1n) is 14.7. The number of fused-ring (bicyclic) bond motifs is 1. The third kappa shape index (κ3) is 5.55. The van der Waals surface area contributed by atoms with E-state index in [2.05, 4.69) is 26.3 Å². The Labute approximate surface area is 255 Å². The molecular weight excluding hydrogens is 558 g/mol. The molecule has 2 aliphatic heterocycles. The van der Waals surface area contributed by atoms with E-state index in [1.807, 2.05) is 44.2 Å². The number of carbonyl (C=O) groups is 1. The molecule has 12 nitrogen and oxygen atoms in total. The molecule has 0 bridgehead atoms. The highest BCUT2D eigenvalue weighted by molar-refractivity contribution is 5.98. The number of para-hydroxylation sites is 1. The van der Waals surface area contributed by atoms with Crippen LogP contribution in [-0.2, 0) is 11.3 Å². The molecule has 4 aromatic rings. The number of nitrogens with one attached hydrogen (secondary N) is 1. The average molecular weight is 594 g/mol. The summed E-state index contributed by atoms with van der Waals surface area (Å²) in [5, 5.41) is 13.3. The highest BCUT2D eigenvalue weighted by atomic mass is 16.5. The lowest BCUT2D eigenvalue weighted by Crippen LogP contribution is -2.55. The first kappa shape index (κ1) is 29.1. The summed E-state index contributed by atoms with van der Waals surface area (Å²) in [5.74, 6) is 1.16. The number of rotatable bonds is 8. The number of benzene rings is 2. The second-order valence-electron chi connectivity index (χ2n) is 11.6. The van der Waals surface area contributed by atoms with Gasteiger partial charge in [-0.3, -0.25) is 18.8 Å². The van der Waals surface area contributed by atoms with Gasteiger partial charge in [-0.05, 0) is 62.7 Å². The molecule has 3 N–H and O–H groups in total. The average Bonchev–Trinajstić information content (AvgIpc) is 3.31. The normalized spacial score (nSPS) is 17.7. The number of imidazole rings is 1. The summed E-state index contributed by atoms with van der Waals surface area (Å²) in [6.45, 7) is 8.16. The molecule has 12 heteroatoms. The number of amides is 1. The van der Waals surface area contributed by atoms with Gasteiger partial charge >= 0.3 is 5.69 Å². The van der Waals surface area contributed by atoms with E-state index in [9.17, 15) is 14.9 Å². The fourth-order valence-electron chi connectivity index (χ4n) is 5.88. The highest BCUT2D eigenvalue weighted by Crippen LogP contribution is 2.28. The first-order chi connectivity index (χ1) is 21.3. The Morgan fingerprint density at radius 1 is 1.09 bits per heavy atom. The number of hydrogen-bond acceptors (Lipinski definition) is 9. The Hall–Kier alpha value is -4.99. The van der Waals surface area contributed by atoms with Crippen LogP contribution in [0.2, 0.25) is 0 Å². The van der Waals surface area contributed by atoms with Crippen LogP contribution in [0.1, 0.15) is 20.3 Å². The Morgan fingerprint density at radius 3 is 2.45 bits per heavy atom. The zero-order valence-corrected chi connectivity index (χ0v) is 24.8. The second kappa shape index (κ2) is 11.9. The lowest BCUT2D eigenvalue weighted by molar-refractivity contribution is -0.134. The van der Waals surface area contributed by atoms with Crippen molar-refractivity contribution in [2.45, 2.75) is 38.4 Å². The minimum absolute atomic E-state index is 0.109. The summed E-state index contributed by atoms with van der Waals surface area (Å²) in [6, 6.07) is 18.4. The number of anilines is 1. The maximum atomic E-state index is 13.9. The third-order valence-corrected chi connectivity index (χ3v) is 8.39. The summed E-state index contributed by atoms with van der Waals surface area (Å²) in [7, 11) is 0. The number of nitrogens with zero attached hydrogens (tertiary/aromatic N) is 7. The van der Waals surface area contributed by atoms with Crippen molar-refractivity contribution in [2.75, 3.05) is 38.5 Å². The van der Waals surface area contributed by atoms with Crippen molar-refractivity contribution in [2.24, 2.45) is 0 Å². The van der Waals surface area contributed by atoms with Crippen LogP contribution in [-0.4, -0.2) is 79.1 Å². The standard InChI is InChI=1S/C32H35N9O3/c1-32(2,38-16-13-35-14-17-38)18-22(19-33)30(42)39-15-12-24(39)20-40-29-27(28(34)36-21-37-29)41(31(40)43)23-8-10-26(11-9-23)44-25-6-4-3-5-7-25/h3-11,18,21,24,35H,12-17,20H2,1-2H3,(H2,34,36,37)/t24-/m0/s1. The van der Waals surface area contributed by atoms with Gasteiger partial charge in [-0.25, -0.2) is 14.8 Å². The summed E-state index contributed by atoms with van der Waals surface area (Å²) in [5.41, 5.74) is 6.92. The van der Waals surface area contributed by atoms with Gasteiger partial charge in [0.2, 0.25) is 0 Å². The van der Waals surface area contributed by atoms with E-state index in [4.69, 9.17) is 10.5 Å². The predicted molar refractivity (Wildman–Crippen MR) is 166 cm³/mol. The summed E-state index contributed by atoms with van der Waals surface area (Å²) in [4.78, 5) is 40.0. The molecule has 1 amide bonds. The van der Waals surface area contributed by atoms with Gasteiger partial charge in [-0.1, -0.05) is 18.2 Å². The van der Waals surface area contributed by atoms with Crippen LogP contribution < -0.4 is 21.5 Å². The van der Waals surface area contributed by atoms with E-state index < -0.39 is 5.54 Å². The zero-order chi connectivity index (χ0) is 30.8. The molecule has 6 rings (SSSR count). The van der Waals surface area contributed by atoms with Crippen LogP contribution in [0.5, 0.6) is 11.5 Å². The molecule has 2 saturated heterocycles. The zero-order valence-electron chi connectivity index (χ0n) is 24.8. The molecule has 44 heavy (non-hydrogen) atoms. The number of nitrogen functional groups attached to an aromatic ring is 1. The molecule has 0 saturated carbocycles. The lowest BCUT2D eigenvalue weighted by Gasteiger charge is -2.42. The number of aromatic nitrogens is 4. The highest BCUT2D eigenvalue weighted by Gasteiger charge is 2.37. The molecule has 2 aliphatic rings. The molecule has 0 aliphatic carbocycles. The fraction of sp³-hybridized carbons (Fsp3) is 0.344. The van der Waals surface area contributed by atoms with Gasteiger partial charge in [-0.15, -0.1) is 0 Å². The Morgan fingerprint density at radius 2 is 1.80 bits per heavy atom. The molecular formula is C32H35N9O3. The smallest absolute Gasteiger partial charge is 0.335 e. The van der Waals surface area contributed by atoms with Gasteiger partial charge in [0, 0.05) is 44.8 Å². The molecule has 1 atom stereocenters. The monoisotopic (exact) mass is 593 g/mol. The van der Waals surface area contributed by atoms with Crippen molar-refractivity contribution in [3.05, 3.63) is 83.1 Å². The molecule has 0 unspecified atom stereocenters. The van der Waals surface area contributed by atoms with E-state index in [1.54, 1.807) is 35.2 Å². The van der Waals surface area contributed by atoms with Crippen LogP contribution in [0.3, 0.4) is 0 Å². The van der Waals surface area contributed by atoms with Crippen molar-refractivity contribution >= 4 is 22.9 Å². The minimum atomic E-state index is -0.455. The second-order valence-corrected chi connectivity index (χ2v) is 11.6. The molecule has 2 aromatic carbocycles. The van der Waals surface area contributed by atoms with Gasteiger partial charge in [-0.2, -0.15) is 5.26 Å². The van der Waals surface area contributed by atoms with Crippen LogP contribution >= 0.6 is 0 Å². The number of nitrogens with two attached hydrogens (primary N) is 1. The third-order valence-electron chi connectivity index (χ3n) is 8.39. The Bertz CT molecular complexity index is 1800. The SMILES string of the molecule is CC(C)(C=C(C#N)C(=O)N1CC[C@H]1Cn1c(=O)n(-c2ccc(Oc3ccccc3)cc2)c2c(N)ncnc21)N1CCNCC1. The van der Waals surface area contributed by atoms with Gasteiger partial charge < -0.3 is 20.7 Å². The van der Waals surface area contributed by atoms with E-state index in [0.717, 1.165) is 26.2 Å². The predicted octanol–water partition coefficient (Wildman–Crippen LogP) is 2.69. The topological polar surface area (TPSA) is 147 Å². The fourth-order valence-corrected chi connectivity index (χ4v) is 5.88. The van der Waals surface area contributed by atoms with Gasteiger partial charge in [0.1, 0.15) is 35.0 Å². The molecule has 226 valence electrons. The van der Waals surface area contributed by atoms with E-state index >= 15 is 0 Å². The molecule has 2 aromatic heterocycles. The first-order valence-corrected chi connectivity index (χ1v) is 14.7. The number of piperazine rings is 1. The maximum Gasteiger partial charge on any atom is 0.335 e. The van der Waals surface area contributed by atoms with Gasteiger partial charge in [0.25, 0.3) is 5.91 Å². The number of carbonyl (C=O) groups excluding carboxylic acids is 1. The van der Waals surface area contributed by atoms with Crippen LogP contribution in [0.25, 0.3) is 16.9 Å². The largest absolute Gasteiger partial charge is 0.457 e. The van der Waals surface area contributed by atoms with Gasteiger partial charge in [0.15, 0.2) is 11.5 Å². The molecule has 0 radical (unpaired) electrons. The maximum absolute atomic E-state index is 13.9. The van der Waals surface area contributed by atoms with Crippen molar-refractivity contribution in [1.82, 2.24) is 34.2 Å². The van der Waals surface area contributed by atoms with E-state index in [-0.39, 0.29) is 35.6 Å². The summed E-state index contributed by atoms with van der Waals surface area (Å²) < 4.78 is 8.92. The number of hydrogen-bond donors (Lipinski definition) is 2. The van der Waals surface area contributed by atoms with Gasteiger partial charge in [0.05, 0.1) is 11.7 Å². The summed E-state index contributed by atoms with van der Waals surface area (Å²) >= 11 is 0. The van der Waals surface area contributed by atoms with E-state index in [0.29, 0.717) is 41.3 Å². The summed E-state index contributed by atoms with van der Waals surface area (Å²) in [6.07, 6.45) is 3.79. The quantitative estimate of drug-likeness (QED) is 0.232. The van der Waals surface area contributed by atoms with Crippen molar-refractivity contribution < 1.29 is 9.53 Å². The van der Waals surface area contributed by atoms with Crippen molar-refractivity contribution in [3.8, 4) is 23.3 Å². The number of nitriles is 1.